The minimum atomic E-state index is 0.239. The molecule has 0 saturated carbocycles. The smallest absolute Gasteiger partial charge is 0.242 e. The number of amides is 1. The van der Waals surface area contributed by atoms with Crippen molar-refractivity contribution in [3.8, 4) is 5.75 Å². The number of piperazine rings is 1. The third-order valence-corrected chi connectivity index (χ3v) is 5.85. The van der Waals surface area contributed by atoms with Crippen molar-refractivity contribution in [1.29, 1.82) is 0 Å². The van der Waals surface area contributed by atoms with E-state index in [1.54, 1.807) is 7.11 Å². The summed E-state index contributed by atoms with van der Waals surface area (Å²) in [5.41, 5.74) is 5.10. The Morgan fingerprint density at radius 3 is 2.46 bits per heavy atom. The monoisotopic (exact) mass is 379 g/mol. The van der Waals surface area contributed by atoms with E-state index in [2.05, 4.69) is 47.1 Å². The predicted molar refractivity (Wildman–Crippen MR) is 114 cm³/mol. The largest absolute Gasteiger partial charge is 0.497 e. The fourth-order valence-electron chi connectivity index (χ4n) is 4.24. The highest BCUT2D eigenvalue weighted by atomic mass is 16.5. The lowest BCUT2D eigenvalue weighted by molar-refractivity contribution is -0.130. The Morgan fingerprint density at radius 1 is 1.00 bits per heavy atom. The van der Waals surface area contributed by atoms with Gasteiger partial charge in [-0.05, 0) is 55.7 Å². The van der Waals surface area contributed by atoms with E-state index < -0.39 is 0 Å². The lowest BCUT2D eigenvalue weighted by Crippen LogP contribution is -2.51. The maximum absolute atomic E-state index is 12.9. The molecule has 0 N–H and O–H groups in total. The molecular formula is C23H29N3O2. The Morgan fingerprint density at radius 2 is 1.75 bits per heavy atom. The van der Waals surface area contributed by atoms with Gasteiger partial charge in [-0.15, -0.1) is 0 Å². The van der Waals surface area contributed by atoms with Crippen LogP contribution < -0.4 is 14.5 Å². The summed E-state index contributed by atoms with van der Waals surface area (Å²) in [6.45, 7) is 6.87. The SMILES string of the molecule is COc1ccc(N2CCN(C(=O)CN3CCCc4cc(C)ccc43)CC2)cc1. The van der Waals surface area contributed by atoms with Crippen LogP contribution in [0.2, 0.25) is 0 Å². The van der Waals surface area contributed by atoms with Gasteiger partial charge in [-0.2, -0.15) is 0 Å². The fourth-order valence-corrected chi connectivity index (χ4v) is 4.24. The van der Waals surface area contributed by atoms with Crippen LogP contribution in [0.25, 0.3) is 0 Å². The average molecular weight is 380 g/mol. The van der Waals surface area contributed by atoms with Gasteiger partial charge in [0, 0.05) is 44.1 Å². The van der Waals surface area contributed by atoms with Gasteiger partial charge in [0.2, 0.25) is 5.91 Å². The van der Waals surface area contributed by atoms with Crippen LogP contribution in [-0.2, 0) is 11.2 Å². The van der Waals surface area contributed by atoms with Crippen LogP contribution in [-0.4, -0.2) is 57.2 Å². The normalized spacial score (nSPS) is 16.7. The zero-order valence-electron chi connectivity index (χ0n) is 16.9. The van der Waals surface area contributed by atoms with Gasteiger partial charge >= 0.3 is 0 Å². The molecule has 148 valence electrons. The Hall–Kier alpha value is -2.69. The highest BCUT2D eigenvalue weighted by Crippen LogP contribution is 2.28. The molecule has 1 amide bonds. The van der Waals surface area contributed by atoms with Crippen molar-refractivity contribution < 1.29 is 9.53 Å². The fraction of sp³-hybridized carbons (Fsp3) is 0.435. The second-order valence-corrected chi connectivity index (χ2v) is 7.72. The highest BCUT2D eigenvalue weighted by molar-refractivity contribution is 5.82. The summed E-state index contributed by atoms with van der Waals surface area (Å²) in [4.78, 5) is 19.5. The van der Waals surface area contributed by atoms with Crippen molar-refractivity contribution >= 4 is 17.3 Å². The van der Waals surface area contributed by atoms with Crippen LogP contribution in [0.3, 0.4) is 0 Å². The number of hydrogen-bond donors (Lipinski definition) is 0. The van der Waals surface area contributed by atoms with E-state index in [-0.39, 0.29) is 5.91 Å². The summed E-state index contributed by atoms with van der Waals surface area (Å²) in [5, 5.41) is 0. The molecule has 2 aliphatic rings. The molecule has 1 saturated heterocycles. The molecule has 0 aromatic heterocycles. The van der Waals surface area contributed by atoms with Crippen molar-refractivity contribution in [1.82, 2.24) is 4.90 Å². The first-order chi connectivity index (χ1) is 13.6. The topological polar surface area (TPSA) is 36.0 Å². The number of benzene rings is 2. The molecule has 2 aromatic carbocycles. The van der Waals surface area contributed by atoms with Gasteiger partial charge in [0.1, 0.15) is 5.75 Å². The van der Waals surface area contributed by atoms with E-state index >= 15 is 0 Å². The lowest BCUT2D eigenvalue weighted by Gasteiger charge is -2.38. The Bertz CT molecular complexity index is 826. The molecule has 0 radical (unpaired) electrons. The van der Waals surface area contributed by atoms with E-state index in [1.807, 2.05) is 17.0 Å². The van der Waals surface area contributed by atoms with Crippen LogP contribution in [0.1, 0.15) is 17.5 Å². The molecule has 5 nitrogen and oxygen atoms in total. The Balaban J connectivity index is 1.34. The second-order valence-electron chi connectivity index (χ2n) is 7.72. The van der Waals surface area contributed by atoms with Gasteiger partial charge in [0.05, 0.1) is 13.7 Å². The molecule has 5 heteroatoms. The molecular weight excluding hydrogens is 350 g/mol. The number of nitrogens with zero attached hydrogens (tertiary/aromatic N) is 3. The molecule has 4 rings (SSSR count). The Kier molecular flexibility index (Phi) is 5.42. The third-order valence-electron chi connectivity index (χ3n) is 5.85. The number of methoxy groups -OCH3 is 1. The maximum atomic E-state index is 12.9. The number of aryl methyl sites for hydroxylation is 2. The van der Waals surface area contributed by atoms with Crippen molar-refractivity contribution in [2.24, 2.45) is 0 Å². The zero-order valence-corrected chi connectivity index (χ0v) is 16.9. The quantitative estimate of drug-likeness (QED) is 0.818. The minimum Gasteiger partial charge on any atom is -0.497 e. The van der Waals surface area contributed by atoms with Crippen LogP contribution in [0.4, 0.5) is 11.4 Å². The van der Waals surface area contributed by atoms with E-state index in [4.69, 9.17) is 4.74 Å². The predicted octanol–water partition coefficient (Wildman–Crippen LogP) is 3.11. The summed E-state index contributed by atoms with van der Waals surface area (Å²) in [6, 6.07) is 14.7. The summed E-state index contributed by atoms with van der Waals surface area (Å²) >= 11 is 0. The third kappa shape index (κ3) is 3.93. The van der Waals surface area contributed by atoms with Gasteiger partial charge < -0.3 is 19.4 Å². The molecule has 28 heavy (non-hydrogen) atoms. The number of carbonyl (C=O) groups is 1. The van der Waals surface area contributed by atoms with Crippen LogP contribution in [0.5, 0.6) is 5.75 Å². The second kappa shape index (κ2) is 8.13. The summed E-state index contributed by atoms with van der Waals surface area (Å²) in [7, 11) is 1.68. The van der Waals surface area contributed by atoms with Crippen molar-refractivity contribution in [3.63, 3.8) is 0 Å². The molecule has 0 atom stereocenters. The summed E-state index contributed by atoms with van der Waals surface area (Å²) in [6.07, 6.45) is 2.23. The standard InChI is InChI=1S/C23H29N3O2/c1-18-5-10-22-19(16-18)4-3-11-26(22)17-23(27)25-14-12-24(13-15-25)20-6-8-21(28-2)9-7-20/h5-10,16H,3-4,11-15,17H2,1-2H3. The van der Waals surface area contributed by atoms with Crippen molar-refractivity contribution in [2.75, 3.05) is 56.2 Å². The molecule has 0 spiro atoms. The Labute approximate surface area is 167 Å². The lowest BCUT2D eigenvalue weighted by atomic mass is 9.99. The maximum Gasteiger partial charge on any atom is 0.242 e. The first-order valence-electron chi connectivity index (χ1n) is 10.2. The van der Waals surface area contributed by atoms with E-state index in [9.17, 15) is 4.79 Å². The first kappa shape index (κ1) is 18.7. The number of rotatable bonds is 4. The first-order valence-corrected chi connectivity index (χ1v) is 10.2. The molecule has 0 unspecified atom stereocenters. The van der Waals surface area contributed by atoms with Gasteiger partial charge in [0.15, 0.2) is 0 Å². The molecule has 1 fully saturated rings. The summed E-state index contributed by atoms with van der Waals surface area (Å²) in [5.74, 6) is 1.11. The van der Waals surface area contributed by atoms with Crippen molar-refractivity contribution in [3.05, 3.63) is 53.6 Å². The molecule has 0 bridgehead atoms. The van der Waals surface area contributed by atoms with Crippen LogP contribution >= 0.6 is 0 Å². The number of anilines is 2. The number of hydrogen-bond acceptors (Lipinski definition) is 4. The van der Waals surface area contributed by atoms with Crippen molar-refractivity contribution in [2.45, 2.75) is 19.8 Å². The van der Waals surface area contributed by atoms with Crippen LogP contribution in [0, 0.1) is 6.92 Å². The molecule has 0 aliphatic carbocycles. The molecule has 2 aliphatic heterocycles. The average Bonchev–Trinajstić information content (AvgIpc) is 2.74. The number of carbonyl (C=O) groups excluding carboxylic acids is 1. The van der Waals surface area contributed by atoms with E-state index in [0.29, 0.717) is 6.54 Å². The van der Waals surface area contributed by atoms with E-state index in [0.717, 1.165) is 51.3 Å². The minimum absolute atomic E-state index is 0.239. The number of ether oxygens (including phenoxy) is 1. The zero-order chi connectivity index (χ0) is 19.5. The molecule has 2 heterocycles. The van der Waals surface area contributed by atoms with Gasteiger partial charge in [-0.25, -0.2) is 0 Å². The van der Waals surface area contributed by atoms with Gasteiger partial charge in [-0.1, -0.05) is 17.7 Å². The van der Waals surface area contributed by atoms with Gasteiger partial charge in [-0.3, -0.25) is 4.79 Å². The summed E-state index contributed by atoms with van der Waals surface area (Å²) < 4.78 is 5.23. The number of fused-ring (bicyclic) bond motifs is 1. The van der Waals surface area contributed by atoms with E-state index in [1.165, 1.54) is 22.5 Å². The highest BCUT2D eigenvalue weighted by Gasteiger charge is 2.25. The molecule has 2 aromatic rings. The van der Waals surface area contributed by atoms with Gasteiger partial charge in [0.25, 0.3) is 0 Å². The van der Waals surface area contributed by atoms with Crippen LogP contribution in [0.15, 0.2) is 42.5 Å².